The lowest BCUT2D eigenvalue weighted by atomic mass is 9.89. The van der Waals surface area contributed by atoms with Crippen molar-refractivity contribution in [2.75, 3.05) is 6.61 Å². The molecule has 0 saturated heterocycles. The van der Waals surface area contributed by atoms with Crippen LogP contribution in [0.3, 0.4) is 0 Å². The fourth-order valence-corrected chi connectivity index (χ4v) is 3.53. The van der Waals surface area contributed by atoms with Gasteiger partial charge in [-0.3, -0.25) is 0 Å². The molecule has 1 fully saturated rings. The summed E-state index contributed by atoms with van der Waals surface area (Å²) in [5, 5.41) is 0. The molecule has 0 aliphatic heterocycles. The SMILES string of the molecule is CCCOc1nc(OC2CCC(C)CC2)nc2oc(-c3cccc(C)c3)nc12. The molecule has 0 atom stereocenters. The minimum absolute atomic E-state index is 0.145. The molecule has 28 heavy (non-hydrogen) atoms. The maximum Gasteiger partial charge on any atom is 0.323 e. The Morgan fingerprint density at radius 2 is 1.93 bits per heavy atom. The molecule has 1 aliphatic rings. The second kappa shape index (κ2) is 8.17. The van der Waals surface area contributed by atoms with Gasteiger partial charge in [-0.05, 0) is 57.1 Å². The highest BCUT2D eigenvalue weighted by Gasteiger charge is 2.23. The van der Waals surface area contributed by atoms with Gasteiger partial charge in [0.1, 0.15) is 6.10 Å². The molecule has 0 N–H and O–H groups in total. The van der Waals surface area contributed by atoms with Crippen molar-refractivity contribution in [1.29, 1.82) is 0 Å². The summed E-state index contributed by atoms with van der Waals surface area (Å²) in [5.74, 6) is 1.70. The van der Waals surface area contributed by atoms with Crippen molar-refractivity contribution in [1.82, 2.24) is 15.0 Å². The van der Waals surface area contributed by atoms with Crippen LogP contribution in [0.15, 0.2) is 28.7 Å². The standard InChI is InChI=1S/C22H27N3O3/c1-4-12-26-20-18-21(28-19(23-18)16-7-5-6-15(3)13-16)25-22(24-20)27-17-10-8-14(2)9-11-17/h5-7,13-14,17H,4,8-12H2,1-3H3. The molecule has 1 saturated carbocycles. The summed E-state index contributed by atoms with van der Waals surface area (Å²) in [5.41, 5.74) is 2.98. The molecular formula is C22H27N3O3. The van der Waals surface area contributed by atoms with Crippen LogP contribution < -0.4 is 9.47 Å². The molecule has 0 unspecified atom stereocenters. The van der Waals surface area contributed by atoms with Crippen molar-refractivity contribution in [3.8, 4) is 23.3 Å². The van der Waals surface area contributed by atoms with Gasteiger partial charge in [-0.25, -0.2) is 4.98 Å². The highest BCUT2D eigenvalue weighted by atomic mass is 16.5. The lowest BCUT2D eigenvalue weighted by Gasteiger charge is -2.25. The van der Waals surface area contributed by atoms with Crippen molar-refractivity contribution in [3.63, 3.8) is 0 Å². The van der Waals surface area contributed by atoms with Crippen LogP contribution in [-0.2, 0) is 0 Å². The molecule has 4 rings (SSSR count). The first-order valence-corrected chi connectivity index (χ1v) is 10.2. The third kappa shape index (κ3) is 4.11. The molecule has 0 spiro atoms. The van der Waals surface area contributed by atoms with E-state index < -0.39 is 0 Å². The van der Waals surface area contributed by atoms with Crippen molar-refractivity contribution in [2.24, 2.45) is 5.92 Å². The molecule has 1 aliphatic carbocycles. The normalized spacial score (nSPS) is 19.7. The van der Waals surface area contributed by atoms with Gasteiger partial charge >= 0.3 is 6.01 Å². The molecule has 3 aromatic rings. The topological polar surface area (TPSA) is 70.3 Å². The quantitative estimate of drug-likeness (QED) is 0.574. The van der Waals surface area contributed by atoms with E-state index in [4.69, 9.17) is 13.9 Å². The van der Waals surface area contributed by atoms with Crippen molar-refractivity contribution < 1.29 is 13.9 Å². The predicted octanol–water partition coefficient (Wildman–Crippen LogP) is 5.34. The summed E-state index contributed by atoms with van der Waals surface area (Å²) in [4.78, 5) is 13.6. The number of aryl methyl sites for hydroxylation is 1. The first-order valence-electron chi connectivity index (χ1n) is 10.2. The van der Waals surface area contributed by atoms with Crippen LogP contribution in [0.2, 0.25) is 0 Å². The third-order valence-corrected chi connectivity index (χ3v) is 5.15. The first kappa shape index (κ1) is 18.7. The Bertz CT molecular complexity index is 945. The van der Waals surface area contributed by atoms with Crippen LogP contribution in [0, 0.1) is 12.8 Å². The van der Waals surface area contributed by atoms with Crippen LogP contribution in [0.4, 0.5) is 0 Å². The van der Waals surface area contributed by atoms with Gasteiger partial charge in [0.25, 0.3) is 11.6 Å². The minimum Gasteiger partial charge on any atom is -0.476 e. The Morgan fingerprint density at radius 1 is 1.11 bits per heavy atom. The average Bonchev–Trinajstić information content (AvgIpc) is 3.12. The maximum absolute atomic E-state index is 6.08. The summed E-state index contributed by atoms with van der Waals surface area (Å²) in [6.45, 7) is 6.94. The Labute approximate surface area is 165 Å². The molecular weight excluding hydrogens is 354 g/mol. The summed E-state index contributed by atoms with van der Waals surface area (Å²) < 4.78 is 17.9. The van der Waals surface area contributed by atoms with E-state index in [0.717, 1.165) is 36.3 Å². The van der Waals surface area contributed by atoms with Gasteiger partial charge in [-0.1, -0.05) is 31.5 Å². The highest BCUT2D eigenvalue weighted by Crippen LogP contribution is 2.32. The van der Waals surface area contributed by atoms with Gasteiger partial charge in [0.2, 0.25) is 5.89 Å². The zero-order valence-corrected chi connectivity index (χ0v) is 16.8. The monoisotopic (exact) mass is 381 g/mol. The molecule has 0 amide bonds. The van der Waals surface area contributed by atoms with Gasteiger partial charge in [-0.15, -0.1) is 0 Å². The molecule has 1 aromatic carbocycles. The van der Waals surface area contributed by atoms with E-state index in [9.17, 15) is 0 Å². The summed E-state index contributed by atoms with van der Waals surface area (Å²) in [7, 11) is 0. The number of hydrogen-bond acceptors (Lipinski definition) is 6. The number of ether oxygens (including phenoxy) is 2. The molecule has 0 radical (unpaired) electrons. The second-order valence-corrected chi connectivity index (χ2v) is 7.70. The van der Waals surface area contributed by atoms with Crippen LogP contribution in [0.5, 0.6) is 11.9 Å². The van der Waals surface area contributed by atoms with Gasteiger partial charge in [-0.2, -0.15) is 9.97 Å². The fourth-order valence-electron chi connectivity index (χ4n) is 3.53. The summed E-state index contributed by atoms with van der Waals surface area (Å²) in [6, 6.07) is 8.34. The summed E-state index contributed by atoms with van der Waals surface area (Å²) in [6.07, 6.45) is 5.42. The van der Waals surface area contributed by atoms with Gasteiger partial charge < -0.3 is 13.9 Å². The van der Waals surface area contributed by atoms with E-state index >= 15 is 0 Å². The largest absolute Gasteiger partial charge is 0.476 e. The molecule has 0 bridgehead atoms. The maximum atomic E-state index is 6.08. The number of benzene rings is 1. The van der Waals surface area contributed by atoms with Crippen molar-refractivity contribution in [2.45, 2.75) is 59.0 Å². The lowest BCUT2D eigenvalue weighted by Crippen LogP contribution is -2.24. The van der Waals surface area contributed by atoms with Crippen LogP contribution in [0.1, 0.15) is 51.5 Å². The van der Waals surface area contributed by atoms with Crippen molar-refractivity contribution >= 4 is 11.2 Å². The van der Waals surface area contributed by atoms with Gasteiger partial charge in [0.05, 0.1) is 6.61 Å². The second-order valence-electron chi connectivity index (χ2n) is 7.70. The number of oxazole rings is 1. The van der Waals surface area contributed by atoms with E-state index in [1.54, 1.807) is 0 Å². The van der Waals surface area contributed by atoms with Crippen LogP contribution in [-0.4, -0.2) is 27.7 Å². The van der Waals surface area contributed by atoms with E-state index in [0.29, 0.717) is 35.6 Å². The Kier molecular flexibility index (Phi) is 5.46. The summed E-state index contributed by atoms with van der Waals surface area (Å²) >= 11 is 0. The number of aromatic nitrogens is 3. The van der Waals surface area contributed by atoms with Gasteiger partial charge in [0, 0.05) is 5.56 Å². The Hall–Kier alpha value is -2.63. The predicted molar refractivity (Wildman–Crippen MR) is 108 cm³/mol. The first-order chi connectivity index (χ1) is 13.6. The number of fused-ring (bicyclic) bond motifs is 1. The molecule has 6 heteroatoms. The zero-order valence-electron chi connectivity index (χ0n) is 16.8. The number of nitrogens with zero attached hydrogens (tertiary/aromatic N) is 3. The van der Waals surface area contributed by atoms with E-state index in [2.05, 4.69) is 28.8 Å². The fraction of sp³-hybridized carbons (Fsp3) is 0.500. The number of hydrogen-bond donors (Lipinski definition) is 0. The zero-order chi connectivity index (χ0) is 19.5. The third-order valence-electron chi connectivity index (χ3n) is 5.15. The smallest absolute Gasteiger partial charge is 0.323 e. The molecule has 2 aromatic heterocycles. The van der Waals surface area contributed by atoms with Gasteiger partial charge in [0.15, 0.2) is 5.52 Å². The van der Waals surface area contributed by atoms with Crippen LogP contribution in [0.25, 0.3) is 22.7 Å². The van der Waals surface area contributed by atoms with Crippen LogP contribution >= 0.6 is 0 Å². The molecule has 2 heterocycles. The highest BCUT2D eigenvalue weighted by molar-refractivity contribution is 5.77. The van der Waals surface area contributed by atoms with E-state index in [1.165, 1.54) is 12.8 Å². The lowest BCUT2D eigenvalue weighted by molar-refractivity contribution is 0.123. The minimum atomic E-state index is 0.145. The number of rotatable bonds is 6. The average molecular weight is 381 g/mol. The van der Waals surface area contributed by atoms with E-state index in [1.807, 2.05) is 31.2 Å². The van der Waals surface area contributed by atoms with E-state index in [-0.39, 0.29) is 6.10 Å². The molecule has 6 nitrogen and oxygen atoms in total. The Morgan fingerprint density at radius 3 is 2.68 bits per heavy atom. The van der Waals surface area contributed by atoms with Crippen molar-refractivity contribution in [3.05, 3.63) is 29.8 Å². The molecule has 148 valence electrons. The Balaban J connectivity index is 1.67.